The highest BCUT2D eigenvalue weighted by Gasteiger charge is 2.23. The third kappa shape index (κ3) is 4.92. The van der Waals surface area contributed by atoms with Crippen molar-refractivity contribution in [3.8, 4) is 5.75 Å². The number of aromatic nitrogens is 3. The largest absolute Gasteiger partial charge is 0.494 e. The molecule has 0 unspecified atom stereocenters. The number of nitrogens with zero attached hydrogens (tertiary/aromatic N) is 5. The van der Waals surface area contributed by atoms with Crippen LogP contribution in [0.25, 0.3) is 10.2 Å². The van der Waals surface area contributed by atoms with Gasteiger partial charge in [-0.15, -0.1) is 0 Å². The van der Waals surface area contributed by atoms with Crippen LogP contribution in [0, 0.1) is 0 Å². The molecule has 9 heteroatoms. The molecule has 1 aliphatic heterocycles. The summed E-state index contributed by atoms with van der Waals surface area (Å²) in [4.78, 5) is 30.2. The molecule has 0 aliphatic carbocycles. The van der Waals surface area contributed by atoms with Crippen LogP contribution < -0.4 is 9.64 Å². The second-order valence-electron chi connectivity index (χ2n) is 6.91. The van der Waals surface area contributed by atoms with E-state index in [9.17, 15) is 4.79 Å². The lowest BCUT2D eigenvalue weighted by atomic mass is 10.3. The topological polar surface area (TPSA) is 80.7 Å². The van der Waals surface area contributed by atoms with Gasteiger partial charge in [-0.25, -0.2) is 9.97 Å². The number of benzene rings is 1. The lowest BCUT2D eigenvalue weighted by molar-refractivity contribution is 0.0376. The van der Waals surface area contributed by atoms with Crippen LogP contribution >= 0.6 is 11.3 Å². The van der Waals surface area contributed by atoms with Crippen LogP contribution in [0.1, 0.15) is 23.8 Å². The molecule has 2 aromatic heterocycles. The first-order valence-corrected chi connectivity index (χ1v) is 11.0. The molecule has 0 radical (unpaired) electrons. The van der Waals surface area contributed by atoms with E-state index in [-0.39, 0.29) is 5.91 Å². The van der Waals surface area contributed by atoms with E-state index in [1.54, 1.807) is 11.1 Å². The lowest BCUT2D eigenvalue weighted by Gasteiger charge is -2.27. The van der Waals surface area contributed by atoms with Crippen molar-refractivity contribution in [2.24, 2.45) is 0 Å². The van der Waals surface area contributed by atoms with Gasteiger partial charge in [-0.2, -0.15) is 0 Å². The second kappa shape index (κ2) is 9.92. The van der Waals surface area contributed by atoms with Crippen molar-refractivity contribution in [2.75, 3.05) is 50.9 Å². The van der Waals surface area contributed by atoms with Crippen molar-refractivity contribution in [2.45, 2.75) is 13.3 Å². The zero-order valence-corrected chi connectivity index (χ0v) is 17.8. The van der Waals surface area contributed by atoms with Crippen LogP contribution in [0.3, 0.4) is 0 Å². The first-order chi connectivity index (χ1) is 14.7. The van der Waals surface area contributed by atoms with E-state index in [4.69, 9.17) is 14.5 Å². The summed E-state index contributed by atoms with van der Waals surface area (Å²) < 4.78 is 12.0. The normalized spacial score (nSPS) is 14.7. The molecule has 0 atom stereocenters. The predicted molar refractivity (Wildman–Crippen MR) is 116 cm³/mol. The number of morpholine rings is 1. The maximum atomic E-state index is 13.2. The quantitative estimate of drug-likeness (QED) is 0.547. The summed E-state index contributed by atoms with van der Waals surface area (Å²) in [5.74, 6) is 0.619. The highest BCUT2D eigenvalue weighted by atomic mass is 32.1. The van der Waals surface area contributed by atoms with Crippen molar-refractivity contribution in [3.05, 3.63) is 42.5 Å². The number of carbonyl (C=O) groups excluding carboxylic acids is 1. The molecule has 1 amide bonds. The molecule has 0 bridgehead atoms. The molecule has 1 fully saturated rings. The van der Waals surface area contributed by atoms with Crippen LogP contribution in [0.4, 0.5) is 5.13 Å². The molecule has 4 rings (SSSR count). The number of fused-ring (bicyclic) bond motifs is 1. The molecular formula is C21H25N5O3S. The summed E-state index contributed by atoms with van der Waals surface area (Å²) in [6, 6.07) is 5.81. The summed E-state index contributed by atoms with van der Waals surface area (Å²) >= 11 is 1.49. The van der Waals surface area contributed by atoms with Crippen LogP contribution in [0.2, 0.25) is 0 Å². The molecule has 3 aromatic rings. The number of rotatable bonds is 8. The average molecular weight is 428 g/mol. The molecule has 1 saturated heterocycles. The third-order valence-electron chi connectivity index (χ3n) is 4.88. The van der Waals surface area contributed by atoms with Crippen LogP contribution in [0.15, 0.2) is 36.8 Å². The van der Waals surface area contributed by atoms with E-state index < -0.39 is 0 Å². The smallest absolute Gasteiger partial charge is 0.280 e. The Bertz CT molecular complexity index is 975. The van der Waals surface area contributed by atoms with Crippen molar-refractivity contribution in [3.63, 3.8) is 0 Å². The number of anilines is 1. The highest BCUT2D eigenvalue weighted by molar-refractivity contribution is 7.22. The molecule has 0 saturated carbocycles. The van der Waals surface area contributed by atoms with Crippen LogP contribution in [0.5, 0.6) is 5.75 Å². The summed E-state index contributed by atoms with van der Waals surface area (Å²) in [7, 11) is 0. The Morgan fingerprint density at radius 3 is 2.93 bits per heavy atom. The Morgan fingerprint density at radius 2 is 2.17 bits per heavy atom. The summed E-state index contributed by atoms with van der Waals surface area (Å²) in [6.45, 7) is 7.43. The van der Waals surface area contributed by atoms with E-state index in [1.807, 2.05) is 25.1 Å². The van der Waals surface area contributed by atoms with Crippen molar-refractivity contribution >= 4 is 32.6 Å². The zero-order chi connectivity index (χ0) is 20.8. The first-order valence-electron chi connectivity index (χ1n) is 10.2. The minimum Gasteiger partial charge on any atom is -0.494 e. The van der Waals surface area contributed by atoms with Gasteiger partial charge < -0.3 is 9.47 Å². The van der Waals surface area contributed by atoms with Gasteiger partial charge in [0.2, 0.25) is 0 Å². The fourth-order valence-corrected chi connectivity index (χ4v) is 4.39. The molecule has 30 heavy (non-hydrogen) atoms. The molecule has 8 nitrogen and oxygen atoms in total. The molecule has 1 aliphatic rings. The van der Waals surface area contributed by atoms with Gasteiger partial charge in [0.25, 0.3) is 5.91 Å². The standard InChI is InChI=1S/C21H25N5O3S/c1-2-29-16-4-5-17-19(14-16)30-21(24-17)26(20(27)18-15-22-6-7-23-18)9-3-8-25-10-12-28-13-11-25/h4-7,14-15H,2-3,8-13H2,1H3. The van der Waals surface area contributed by atoms with Gasteiger partial charge in [-0.3, -0.25) is 19.6 Å². The minimum absolute atomic E-state index is 0.186. The summed E-state index contributed by atoms with van der Waals surface area (Å²) in [6.07, 6.45) is 5.43. The highest BCUT2D eigenvalue weighted by Crippen LogP contribution is 2.32. The SMILES string of the molecule is CCOc1ccc2nc(N(CCCN3CCOCC3)C(=O)c3cnccn3)sc2c1. The van der Waals surface area contributed by atoms with Crippen LogP contribution in [-0.4, -0.2) is 71.8 Å². The lowest BCUT2D eigenvalue weighted by Crippen LogP contribution is -2.39. The Hall–Kier alpha value is -2.62. The Kier molecular flexibility index (Phi) is 6.83. The van der Waals surface area contributed by atoms with Crippen molar-refractivity contribution in [1.82, 2.24) is 19.9 Å². The average Bonchev–Trinajstić information content (AvgIpc) is 3.21. The van der Waals surface area contributed by atoms with E-state index in [0.29, 0.717) is 24.0 Å². The molecule has 158 valence electrons. The Labute approximate surface area is 179 Å². The van der Waals surface area contributed by atoms with E-state index in [0.717, 1.165) is 55.2 Å². The molecule has 3 heterocycles. The maximum Gasteiger partial charge on any atom is 0.280 e. The second-order valence-corrected chi connectivity index (χ2v) is 7.92. The number of thiazole rings is 1. The number of hydrogen-bond acceptors (Lipinski definition) is 8. The zero-order valence-electron chi connectivity index (χ0n) is 17.0. The number of ether oxygens (including phenoxy) is 2. The molecule has 1 aromatic carbocycles. The molecular weight excluding hydrogens is 402 g/mol. The van der Waals surface area contributed by atoms with Gasteiger partial charge >= 0.3 is 0 Å². The van der Waals surface area contributed by atoms with E-state index >= 15 is 0 Å². The molecule has 0 spiro atoms. The number of amides is 1. The van der Waals surface area contributed by atoms with Gasteiger partial charge in [0, 0.05) is 38.6 Å². The monoisotopic (exact) mass is 427 g/mol. The summed E-state index contributed by atoms with van der Waals surface area (Å²) in [5, 5.41) is 0.663. The van der Waals surface area contributed by atoms with Gasteiger partial charge in [-0.05, 0) is 31.5 Å². The fourth-order valence-electron chi connectivity index (χ4n) is 3.37. The van der Waals surface area contributed by atoms with Gasteiger partial charge in [-0.1, -0.05) is 11.3 Å². The van der Waals surface area contributed by atoms with Gasteiger partial charge in [0.1, 0.15) is 11.4 Å². The van der Waals surface area contributed by atoms with Crippen LogP contribution in [-0.2, 0) is 4.74 Å². The predicted octanol–water partition coefficient (Wildman–Crippen LogP) is 2.85. The Morgan fingerprint density at radius 1 is 1.30 bits per heavy atom. The minimum atomic E-state index is -0.186. The third-order valence-corrected chi connectivity index (χ3v) is 5.92. The van der Waals surface area contributed by atoms with Crippen molar-refractivity contribution < 1.29 is 14.3 Å². The molecule has 0 N–H and O–H groups in total. The van der Waals surface area contributed by atoms with Crippen molar-refractivity contribution in [1.29, 1.82) is 0 Å². The van der Waals surface area contributed by atoms with Gasteiger partial charge in [0.15, 0.2) is 5.13 Å². The Balaban J connectivity index is 1.55. The van der Waals surface area contributed by atoms with E-state index in [2.05, 4.69) is 14.9 Å². The summed E-state index contributed by atoms with van der Waals surface area (Å²) in [5.41, 5.74) is 1.17. The fraction of sp³-hybridized carbons (Fsp3) is 0.429. The number of hydrogen-bond donors (Lipinski definition) is 0. The van der Waals surface area contributed by atoms with E-state index in [1.165, 1.54) is 23.7 Å². The van der Waals surface area contributed by atoms with Gasteiger partial charge in [0.05, 0.1) is 36.2 Å². The number of carbonyl (C=O) groups is 1. The maximum absolute atomic E-state index is 13.2. The first kappa shape index (κ1) is 20.6.